The van der Waals surface area contributed by atoms with Gasteiger partial charge in [-0.05, 0) is 17.7 Å². The van der Waals surface area contributed by atoms with E-state index in [0.29, 0.717) is 0 Å². The summed E-state index contributed by atoms with van der Waals surface area (Å²) in [4.78, 5) is 21.3. The van der Waals surface area contributed by atoms with Gasteiger partial charge in [0.05, 0.1) is 5.56 Å². The maximum Gasteiger partial charge on any atom is 0.335 e. The van der Waals surface area contributed by atoms with Crippen molar-refractivity contribution < 1.29 is 19.4 Å². The highest BCUT2D eigenvalue weighted by atomic mass is 79.9. The Kier molecular flexibility index (Phi) is 4.30. The van der Waals surface area contributed by atoms with Crippen molar-refractivity contribution in [3.05, 3.63) is 35.4 Å². The minimum Gasteiger partial charge on any atom is -0.478 e. The fourth-order valence-electron chi connectivity index (χ4n) is 0.946. The summed E-state index contributed by atoms with van der Waals surface area (Å²) in [6, 6.07) is 6.18. The number of esters is 1. The molecule has 0 aromatic heterocycles. The lowest BCUT2D eigenvalue weighted by molar-refractivity contribution is -0.141. The van der Waals surface area contributed by atoms with Crippen LogP contribution in [0.25, 0.3) is 0 Å². The van der Waals surface area contributed by atoms with Gasteiger partial charge < -0.3 is 9.84 Å². The Morgan fingerprint density at radius 2 is 1.87 bits per heavy atom. The van der Waals surface area contributed by atoms with Crippen molar-refractivity contribution in [2.24, 2.45) is 0 Å². The van der Waals surface area contributed by atoms with Gasteiger partial charge in [0.1, 0.15) is 11.9 Å². The van der Waals surface area contributed by atoms with Crippen LogP contribution in [0, 0.1) is 0 Å². The summed E-state index contributed by atoms with van der Waals surface area (Å²) in [5.41, 5.74) is 0.972. The highest BCUT2D eigenvalue weighted by molar-refractivity contribution is 9.09. The van der Waals surface area contributed by atoms with Crippen molar-refractivity contribution in [3.8, 4) is 0 Å². The van der Waals surface area contributed by atoms with Crippen LogP contribution in [0.4, 0.5) is 0 Å². The first-order valence-electron chi connectivity index (χ1n) is 4.17. The lowest BCUT2D eigenvalue weighted by Crippen LogP contribution is -2.05. The second kappa shape index (κ2) is 5.50. The van der Waals surface area contributed by atoms with Crippen molar-refractivity contribution in [1.82, 2.24) is 0 Å². The lowest BCUT2D eigenvalue weighted by atomic mass is 10.1. The fraction of sp³-hybridized carbons (Fsp3) is 0.200. The topological polar surface area (TPSA) is 63.6 Å². The molecule has 0 unspecified atom stereocenters. The highest BCUT2D eigenvalue weighted by Gasteiger charge is 2.03. The SMILES string of the molecule is O=C(CBr)OCc1ccc(C(=O)O)cc1. The van der Waals surface area contributed by atoms with E-state index >= 15 is 0 Å². The standard InChI is InChI=1S/C10H9BrO4/c11-5-9(12)15-6-7-1-3-8(4-2-7)10(13)14/h1-4H,5-6H2,(H,13,14). The Labute approximate surface area is 95.0 Å². The maximum absolute atomic E-state index is 10.8. The van der Waals surface area contributed by atoms with E-state index in [1.165, 1.54) is 12.1 Å². The average molecular weight is 273 g/mol. The Balaban J connectivity index is 2.57. The molecule has 0 atom stereocenters. The molecule has 0 fully saturated rings. The highest BCUT2D eigenvalue weighted by Crippen LogP contribution is 2.06. The number of ether oxygens (including phenoxy) is 1. The van der Waals surface area contributed by atoms with E-state index in [2.05, 4.69) is 15.9 Å². The second-order valence-electron chi connectivity index (χ2n) is 2.80. The normalized spacial score (nSPS) is 9.67. The van der Waals surface area contributed by atoms with Crippen molar-refractivity contribution >= 4 is 27.9 Å². The molecule has 0 radical (unpaired) electrons. The molecular formula is C10H9BrO4. The van der Waals surface area contributed by atoms with Crippen LogP contribution in [0.3, 0.4) is 0 Å². The molecule has 5 heteroatoms. The smallest absolute Gasteiger partial charge is 0.335 e. The van der Waals surface area contributed by atoms with Crippen molar-refractivity contribution in [2.75, 3.05) is 5.33 Å². The summed E-state index contributed by atoms with van der Waals surface area (Å²) >= 11 is 2.97. The third-order valence-electron chi connectivity index (χ3n) is 1.71. The molecule has 0 bridgehead atoms. The van der Waals surface area contributed by atoms with Crippen LogP contribution in [0.2, 0.25) is 0 Å². The third kappa shape index (κ3) is 3.71. The summed E-state index contributed by atoms with van der Waals surface area (Å²) in [6.07, 6.45) is 0. The van der Waals surface area contributed by atoms with Gasteiger partial charge in [0, 0.05) is 0 Å². The molecule has 1 aromatic rings. The van der Waals surface area contributed by atoms with Crippen LogP contribution in [0.5, 0.6) is 0 Å². The number of benzene rings is 1. The van der Waals surface area contributed by atoms with E-state index in [9.17, 15) is 9.59 Å². The van der Waals surface area contributed by atoms with Crippen molar-refractivity contribution in [3.63, 3.8) is 0 Å². The number of halogens is 1. The maximum atomic E-state index is 10.8. The minimum atomic E-state index is -0.973. The number of alkyl halides is 1. The Bertz CT molecular complexity index is 358. The molecule has 1 aromatic carbocycles. The van der Waals surface area contributed by atoms with Crippen molar-refractivity contribution in [2.45, 2.75) is 6.61 Å². The fourth-order valence-corrected chi connectivity index (χ4v) is 1.11. The monoisotopic (exact) mass is 272 g/mol. The molecule has 80 valence electrons. The van der Waals surface area contributed by atoms with Crippen LogP contribution in [0.1, 0.15) is 15.9 Å². The van der Waals surface area contributed by atoms with Gasteiger partial charge >= 0.3 is 11.9 Å². The zero-order chi connectivity index (χ0) is 11.3. The van der Waals surface area contributed by atoms with Crippen LogP contribution in [-0.2, 0) is 16.1 Å². The van der Waals surface area contributed by atoms with Gasteiger partial charge in [-0.25, -0.2) is 4.79 Å². The van der Waals surface area contributed by atoms with Gasteiger partial charge in [0.2, 0.25) is 0 Å². The number of carboxylic acids is 1. The molecule has 1 N–H and O–H groups in total. The van der Waals surface area contributed by atoms with E-state index < -0.39 is 5.97 Å². The molecule has 15 heavy (non-hydrogen) atoms. The van der Waals surface area contributed by atoms with E-state index in [-0.39, 0.29) is 23.5 Å². The van der Waals surface area contributed by atoms with Crippen LogP contribution in [-0.4, -0.2) is 22.4 Å². The number of rotatable bonds is 4. The molecule has 0 saturated carbocycles. The molecule has 0 spiro atoms. The molecule has 1 rings (SSSR count). The van der Waals surface area contributed by atoms with Gasteiger partial charge in [-0.1, -0.05) is 28.1 Å². The molecule has 0 saturated heterocycles. The Morgan fingerprint density at radius 3 is 2.33 bits per heavy atom. The molecule has 0 amide bonds. The number of carbonyl (C=O) groups is 2. The molecule has 0 heterocycles. The predicted molar refractivity (Wildman–Crippen MR) is 57.0 cm³/mol. The first-order valence-corrected chi connectivity index (χ1v) is 5.29. The van der Waals surface area contributed by atoms with Gasteiger partial charge in [0.25, 0.3) is 0 Å². The second-order valence-corrected chi connectivity index (χ2v) is 3.36. The predicted octanol–water partition coefficient (Wildman–Crippen LogP) is 1.82. The van der Waals surface area contributed by atoms with Gasteiger partial charge in [-0.3, -0.25) is 4.79 Å². The molecule has 4 nitrogen and oxygen atoms in total. The average Bonchev–Trinajstić information content (AvgIpc) is 2.26. The molecular weight excluding hydrogens is 264 g/mol. The number of hydrogen-bond acceptors (Lipinski definition) is 3. The van der Waals surface area contributed by atoms with Crippen LogP contribution < -0.4 is 0 Å². The summed E-state index contributed by atoms with van der Waals surface area (Å²) in [5.74, 6) is -1.32. The van der Waals surface area contributed by atoms with E-state index in [0.717, 1.165) is 5.56 Å². The quantitative estimate of drug-likeness (QED) is 0.671. The Hall–Kier alpha value is -1.36. The lowest BCUT2D eigenvalue weighted by Gasteiger charge is -2.03. The van der Waals surface area contributed by atoms with Crippen LogP contribution >= 0.6 is 15.9 Å². The van der Waals surface area contributed by atoms with Crippen molar-refractivity contribution in [1.29, 1.82) is 0 Å². The van der Waals surface area contributed by atoms with Crippen LogP contribution in [0.15, 0.2) is 24.3 Å². The molecule has 0 aliphatic heterocycles. The third-order valence-corrected chi connectivity index (χ3v) is 2.17. The molecule has 0 aliphatic carbocycles. The summed E-state index contributed by atoms with van der Waals surface area (Å²) in [5, 5.41) is 8.79. The molecule has 0 aliphatic rings. The number of carboxylic acid groups (broad SMARTS) is 1. The van der Waals surface area contributed by atoms with Gasteiger partial charge in [0.15, 0.2) is 0 Å². The summed E-state index contributed by atoms with van der Waals surface area (Å²) in [7, 11) is 0. The van der Waals surface area contributed by atoms with E-state index in [4.69, 9.17) is 9.84 Å². The summed E-state index contributed by atoms with van der Waals surface area (Å²) in [6.45, 7) is 0.157. The first kappa shape index (κ1) is 11.7. The zero-order valence-corrected chi connectivity index (χ0v) is 9.36. The summed E-state index contributed by atoms with van der Waals surface area (Å²) < 4.78 is 4.84. The largest absolute Gasteiger partial charge is 0.478 e. The Morgan fingerprint density at radius 1 is 1.27 bits per heavy atom. The number of carbonyl (C=O) groups excluding carboxylic acids is 1. The zero-order valence-electron chi connectivity index (χ0n) is 7.77. The number of aromatic carboxylic acids is 1. The van der Waals surface area contributed by atoms with E-state index in [1.54, 1.807) is 12.1 Å². The van der Waals surface area contributed by atoms with Gasteiger partial charge in [-0.2, -0.15) is 0 Å². The van der Waals surface area contributed by atoms with Gasteiger partial charge in [-0.15, -0.1) is 0 Å². The minimum absolute atomic E-state index is 0.153. The van der Waals surface area contributed by atoms with E-state index in [1.807, 2.05) is 0 Å². The number of hydrogen-bond donors (Lipinski definition) is 1. The first-order chi connectivity index (χ1) is 7.13.